The number of sulfone groups is 1. The lowest BCUT2D eigenvalue weighted by atomic mass is 10.0. The van der Waals surface area contributed by atoms with Crippen LogP contribution in [-0.4, -0.2) is 36.4 Å². The minimum Gasteiger partial charge on any atom is -0.481 e. The molecule has 1 amide bonds. The SMILES string of the molecule is O=C(O)CC(NC(=O)C1CCCCS1(=O)=O)c1ccc(F)cc1. The second kappa shape index (κ2) is 7.08. The van der Waals surface area contributed by atoms with Crippen LogP contribution >= 0.6 is 0 Å². The van der Waals surface area contributed by atoms with Crippen molar-refractivity contribution in [1.29, 1.82) is 0 Å². The first-order chi connectivity index (χ1) is 10.8. The fourth-order valence-corrected chi connectivity index (χ4v) is 4.45. The highest BCUT2D eigenvalue weighted by atomic mass is 32.2. The normalized spacial score (nSPS) is 21.3. The number of carbonyl (C=O) groups is 2. The number of benzene rings is 1. The molecule has 1 heterocycles. The molecule has 1 aromatic carbocycles. The summed E-state index contributed by atoms with van der Waals surface area (Å²) >= 11 is 0. The average molecular weight is 343 g/mol. The first-order valence-corrected chi connectivity index (χ1v) is 9.00. The molecule has 8 heteroatoms. The van der Waals surface area contributed by atoms with Crippen molar-refractivity contribution < 1.29 is 27.5 Å². The topological polar surface area (TPSA) is 101 Å². The van der Waals surface area contributed by atoms with Gasteiger partial charge in [0.25, 0.3) is 0 Å². The van der Waals surface area contributed by atoms with Gasteiger partial charge in [-0.05, 0) is 30.5 Å². The molecule has 1 aliphatic heterocycles. The second-order valence-electron chi connectivity index (χ2n) is 5.56. The number of hydrogen-bond acceptors (Lipinski definition) is 4. The van der Waals surface area contributed by atoms with Crippen LogP contribution in [0.25, 0.3) is 0 Å². The predicted molar refractivity (Wildman–Crippen MR) is 81.0 cm³/mol. The van der Waals surface area contributed by atoms with Crippen LogP contribution < -0.4 is 5.32 Å². The highest BCUT2D eigenvalue weighted by Gasteiger charge is 2.36. The van der Waals surface area contributed by atoms with Crippen molar-refractivity contribution in [3.05, 3.63) is 35.6 Å². The van der Waals surface area contributed by atoms with Crippen molar-refractivity contribution in [3.8, 4) is 0 Å². The molecule has 23 heavy (non-hydrogen) atoms. The van der Waals surface area contributed by atoms with Gasteiger partial charge < -0.3 is 10.4 Å². The average Bonchev–Trinajstić information content (AvgIpc) is 2.46. The fourth-order valence-electron chi connectivity index (χ4n) is 2.64. The Hall–Kier alpha value is -1.96. The number of hydrogen-bond donors (Lipinski definition) is 2. The van der Waals surface area contributed by atoms with Crippen LogP contribution in [0.15, 0.2) is 24.3 Å². The van der Waals surface area contributed by atoms with Crippen LogP contribution in [0.1, 0.15) is 37.3 Å². The van der Waals surface area contributed by atoms with Gasteiger partial charge in [-0.3, -0.25) is 9.59 Å². The number of nitrogens with one attached hydrogen (secondary N) is 1. The smallest absolute Gasteiger partial charge is 0.305 e. The monoisotopic (exact) mass is 343 g/mol. The summed E-state index contributed by atoms with van der Waals surface area (Å²) in [5.74, 6) is -2.36. The van der Waals surface area contributed by atoms with E-state index in [1.165, 1.54) is 12.1 Å². The molecule has 2 N–H and O–H groups in total. The number of halogens is 1. The second-order valence-corrected chi connectivity index (χ2v) is 7.87. The molecule has 1 fully saturated rings. The molecule has 1 aliphatic rings. The Labute approximate surface area is 133 Å². The predicted octanol–water partition coefficient (Wildman–Crippen LogP) is 1.42. The van der Waals surface area contributed by atoms with Crippen molar-refractivity contribution >= 4 is 21.7 Å². The Morgan fingerprint density at radius 3 is 2.48 bits per heavy atom. The Balaban J connectivity index is 2.18. The zero-order valence-corrected chi connectivity index (χ0v) is 13.2. The highest BCUT2D eigenvalue weighted by molar-refractivity contribution is 7.92. The molecule has 2 atom stereocenters. The highest BCUT2D eigenvalue weighted by Crippen LogP contribution is 2.23. The van der Waals surface area contributed by atoms with Gasteiger partial charge in [-0.25, -0.2) is 12.8 Å². The number of carboxylic acids is 1. The lowest BCUT2D eigenvalue weighted by Crippen LogP contribution is -2.44. The molecule has 126 valence electrons. The number of aliphatic carboxylic acids is 1. The summed E-state index contributed by atoms with van der Waals surface area (Å²) in [6.45, 7) is 0. The summed E-state index contributed by atoms with van der Waals surface area (Å²) in [4.78, 5) is 23.3. The molecule has 2 unspecified atom stereocenters. The Morgan fingerprint density at radius 2 is 1.91 bits per heavy atom. The van der Waals surface area contributed by atoms with Crippen LogP contribution in [-0.2, 0) is 19.4 Å². The van der Waals surface area contributed by atoms with Gasteiger partial charge in [0.05, 0.1) is 18.2 Å². The molecule has 1 saturated heterocycles. The van der Waals surface area contributed by atoms with Gasteiger partial charge in [-0.1, -0.05) is 18.6 Å². The summed E-state index contributed by atoms with van der Waals surface area (Å²) in [5.41, 5.74) is 0.412. The van der Waals surface area contributed by atoms with Crippen molar-refractivity contribution in [2.75, 3.05) is 5.75 Å². The Kier molecular flexibility index (Phi) is 5.35. The van der Waals surface area contributed by atoms with Crippen molar-refractivity contribution in [1.82, 2.24) is 5.32 Å². The van der Waals surface area contributed by atoms with Crippen LogP contribution in [0, 0.1) is 5.82 Å². The van der Waals surface area contributed by atoms with E-state index < -0.39 is 45.2 Å². The van der Waals surface area contributed by atoms with Gasteiger partial charge in [-0.2, -0.15) is 0 Å². The maximum atomic E-state index is 13.0. The zero-order chi connectivity index (χ0) is 17.0. The quantitative estimate of drug-likeness (QED) is 0.842. The van der Waals surface area contributed by atoms with Gasteiger partial charge in [-0.15, -0.1) is 0 Å². The van der Waals surface area contributed by atoms with Gasteiger partial charge >= 0.3 is 5.97 Å². The maximum Gasteiger partial charge on any atom is 0.305 e. The van der Waals surface area contributed by atoms with Gasteiger partial charge in [0, 0.05) is 0 Å². The largest absolute Gasteiger partial charge is 0.481 e. The maximum absolute atomic E-state index is 13.0. The Morgan fingerprint density at radius 1 is 1.26 bits per heavy atom. The van der Waals surface area contributed by atoms with E-state index in [4.69, 9.17) is 5.11 Å². The molecule has 0 aliphatic carbocycles. The Bertz CT molecular complexity index is 686. The lowest BCUT2D eigenvalue weighted by Gasteiger charge is -2.24. The molecular formula is C15H18FNO5S. The van der Waals surface area contributed by atoms with E-state index in [1.54, 1.807) is 0 Å². The third-order valence-electron chi connectivity index (χ3n) is 3.84. The summed E-state index contributed by atoms with van der Waals surface area (Å²) in [7, 11) is -3.51. The molecule has 0 saturated carbocycles. The number of carbonyl (C=O) groups excluding carboxylic acids is 1. The summed E-state index contributed by atoms with van der Waals surface area (Å²) in [5, 5.41) is 10.3. The van der Waals surface area contributed by atoms with E-state index in [-0.39, 0.29) is 12.2 Å². The van der Waals surface area contributed by atoms with E-state index in [0.29, 0.717) is 18.4 Å². The first kappa shape index (κ1) is 17.4. The van der Waals surface area contributed by atoms with E-state index in [0.717, 1.165) is 12.1 Å². The molecule has 0 bridgehead atoms. The van der Waals surface area contributed by atoms with Crippen molar-refractivity contribution in [3.63, 3.8) is 0 Å². The van der Waals surface area contributed by atoms with Crippen LogP contribution in [0.5, 0.6) is 0 Å². The standard InChI is InChI=1S/C15H18FNO5S/c16-11-6-4-10(5-7-11)12(9-14(18)19)17-15(20)13-3-1-2-8-23(13,21)22/h4-7,12-13H,1-3,8-9H2,(H,17,20)(H,18,19). The van der Waals surface area contributed by atoms with E-state index in [1.807, 2.05) is 0 Å². The van der Waals surface area contributed by atoms with Gasteiger partial charge in [0.15, 0.2) is 9.84 Å². The number of amides is 1. The van der Waals surface area contributed by atoms with Gasteiger partial charge in [0.1, 0.15) is 11.1 Å². The molecular weight excluding hydrogens is 325 g/mol. The van der Waals surface area contributed by atoms with E-state index >= 15 is 0 Å². The molecule has 0 aromatic heterocycles. The van der Waals surface area contributed by atoms with Crippen LogP contribution in [0.2, 0.25) is 0 Å². The van der Waals surface area contributed by atoms with Crippen molar-refractivity contribution in [2.24, 2.45) is 0 Å². The lowest BCUT2D eigenvalue weighted by molar-refractivity contribution is -0.137. The van der Waals surface area contributed by atoms with Crippen LogP contribution in [0.3, 0.4) is 0 Å². The minimum absolute atomic E-state index is 0.0365. The van der Waals surface area contributed by atoms with Crippen molar-refractivity contribution in [2.45, 2.75) is 37.0 Å². The fraction of sp³-hybridized carbons (Fsp3) is 0.467. The van der Waals surface area contributed by atoms with E-state index in [2.05, 4.69) is 5.32 Å². The third-order valence-corrected chi connectivity index (χ3v) is 6.01. The minimum atomic E-state index is -3.51. The molecule has 0 radical (unpaired) electrons. The zero-order valence-electron chi connectivity index (χ0n) is 12.4. The van der Waals surface area contributed by atoms with Crippen LogP contribution in [0.4, 0.5) is 4.39 Å². The summed E-state index contributed by atoms with van der Waals surface area (Å²) in [6, 6.07) is 4.16. The summed E-state index contributed by atoms with van der Waals surface area (Å²) < 4.78 is 36.9. The molecule has 2 rings (SSSR count). The third kappa shape index (κ3) is 4.51. The first-order valence-electron chi connectivity index (χ1n) is 7.29. The number of carboxylic acid groups (broad SMARTS) is 1. The molecule has 6 nitrogen and oxygen atoms in total. The molecule has 1 aromatic rings. The van der Waals surface area contributed by atoms with Gasteiger partial charge in [0.2, 0.25) is 5.91 Å². The number of rotatable bonds is 5. The summed E-state index contributed by atoms with van der Waals surface area (Å²) in [6.07, 6.45) is 0.988. The molecule has 0 spiro atoms. The van der Waals surface area contributed by atoms with E-state index in [9.17, 15) is 22.4 Å².